The predicted molar refractivity (Wildman–Crippen MR) is 77.6 cm³/mol. The molecule has 2 aromatic rings. The van der Waals surface area contributed by atoms with Crippen molar-refractivity contribution in [1.29, 1.82) is 0 Å². The summed E-state index contributed by atoms with van der Waals surface area (Å²) in [5, 5.41) is 11.2. The minimum absolute atomic E-state index is 0.485. The Balaban J connectivity index is 1.82. The number of ether oxygens (including phenoxy) is 1. The predicted octanol–water partition coefficient (Wildman–Crippen LogP) is 2.22. The minimum Gasteiger partial charge on any atom is -0.495 e. The lowest BCUT2D eigenvalue weighted by Crippen LogP contribution is -2.20. The number of hydrogen-bond donors (Lipinski definition) is 1. The number of methoxy groups -OCH3 is 1. The number of benzene rings is 1. The Kier molecular flexibility index (Phi) is 3.62. The molecule has 0 saturated carbocycles. The molecule has 1 aromatic carbocycles. The fourth-order valence-corrected chi connectivity index (χ4v) is 2.31. The molecule has 1 fully saturated rings. The van der Waals surface area contributed by atoms with E-state index in [1.165, 1.54) is 12.8 Å². The molecule has 1 N–H and O–H groups in total. The van der Waals surface area contributed by atoms with E-state index in [-0.39, 0.29) is 0 Å². The van der Waals surface area contributed by atoms with Gasteiger partial charge in [-0.15, -0.1) is 5.10 Å². The van der Waals surface area contributed by atoms with E-state index in [0.717, 1.165) is 30.3 Å². The van der Waals surface area contributed by atoms with Crippen LogP contribution in [0.5, 0.6) is 5.75 Å². The zero-order valence-electron chi connectivity index (χ0n) is 11.4. The van der Waals surface area contributed by atoms with E-state index in [9.17, 15) is 0 Å². The molecule has 0 radical (unpaired) electrons. The number of aromatic nitrogens is 3. The highest BCUT2D eigenvalue weighted by Crippen LogP contribution is 2.26. The lowest BCUT2D eigenvalue weighted by atomic mass is 10.3. The molecule has 0 atom stereocenters. The molecule has 1 aromatic heterocycles. The normalized spacial score (nSPS) is 14.3. The summed E-state index contributed by atoms with van der Waals surface area (Å²) in [6.45, 7) is 2.07. The van der Waals surface area contributed by atoms with Gasteiger partial charge in [0, 0.05) is 13.1 Å². The van der Waals surface area contributed by atoms with Crippen LogP contribution >= 0.6 is 0 Å². The van der Waals surface area contributed by atoms with Crippen LogP contribution in [0.2, 0.25) is 0 Å². The molecular formula is C14H17N5O. The zero-order valence-corrected chi connectivity index (χ0v) is 11.4. The standard InChI is InChI=1S/C14H17N5O/c1-20-12-7-3-2-6-11(12)16-14-17-13(10-15-18-14)19-8-4-5-9-19/h2-3,6-7,10H,4-5,8-9H2,1H3,(H,16,17,18). The molecule has 0 unspecified atom stereocenters. The summed E-state index contributed by atoms with van der Waals surface area (Å²) in [5.41, 5.74) is 0.829. The Labute approximate surface area is 117 Å². The van der Waals surface area contributed by atoms with E-state index in [4.69, 9.17) is 4.74 Å². The smallest absolute Gasteiger partial charge is 0.249 e. The minimum atomic E-state index is 0.485. The van der Waals surface area contributed by atoms with E-state index >= 15 is 0 Å². The van der Waals surface area contributed by atoms with Crippen molar-refractivity contribution in [3.8, 4) is 5.75 Å². The average Bonchev–Trinajstić information content (AvgIpc) is 3.02. The average molecular weight is 271 g/mol. The molecule has 6 heteroatoms. The van der Waals surface area contributed by atoms with Gasteiger partial charge < -0.3 is 15.0 Å². The van der Waals surface area contributed by atoms with Crippen LogP contribution in [0.3, 0.4) is 0 Å². The Bertz CT molecular complexity index is 583. The first kappa shape index (κ1) is 12.7. The first-order valence-corrected chi connectivity index (χ1v) is 6.71. The molecule has 0 bridgehead atoms. The molecule has 2 heterocycles. The summed E-state index contributed by atoms with van der Waals surface area (Å²) in [7, 11) is 1.64. The summed E-state index contributed by atoms with van der Waals surface area (Å²) >= 11 is 0. The Morgan fingerprint density at radius 1 is 1.20 bits per heavy atom. The summed E-state index contributed by atoms with van der Waals surface area (Å²) in [5.74, 6) is 2.11. The highest BCUT2D eigenvalue weighted by atomic mass is 16.5. The quantitative estimate of drug-likeness (QED) is 0.920. The number of anilines is 3. The third-order valence-corrected chi connectivity index (χ3v) is 3.33. The van der Waals surface area contributed by atoms with Gasteiger partial charge in [-0.3, -0.25) is 0 Å². The molecule has 1 aliphatic rings. The van der Waals surface area contributed by atoms with Gasteiger partial charge in [-0.25, -0.2) is 0 Å². The van der Waals surface area contributed by atoms with Crippen LogP contribution in [0.25, 0.3) is 0 Å². The molecule has 1 aliphatic heterocycles. The van der Waals surface area contributed by atoms with Gasteiger partial charge in [0.2, 0.25) is 5.95 Å². The van der Waals surface area contributed by atoms with Crippen LogP contribution in [0.4, 0.5) is 17.5 Å². The van der Waals surface area contributed by atoms with Crippen LogP contribution in [0.15, 0.2) is 30.5 Å². The lowest BCUT2D eigenvalue weighted by molar-refractivity contribution is 0.417. The first-order chi connectivity index (χ1) is 9.86. The number of para-hydroxylation sites is 2. The molecule has 0 amide bonds. The van der Waals surface area contributed by atoms with Gasteiger partial charge in [-0.2, -0.15) is 10.1 Å². The van der Waals surface area contributed by atoms with E-state index in [1.807, 2.05) is 24.3 Å². The fourth-order valence-electron chi connectivity index (χ4n) is 2.31. The van der Waals surface area contributed by atoms with Crippen molar-refractivity contribution in [3.05, 3.63) is 30.5 Å². The number of nitrogens with one attached hydrogen (secondary N) is 1. The molecule has 3 rings (SSSR count). The van der Waals surface area contributed by atoms with Gasteiger partial charge in [0.15, 0.2) is 5.82 Å². The summed E-state index contributed by atoms with van der Waals surface area (Å²) in [4.78, 5) is 6.74. The molecule has 6 nitrogen and oxygen atoms in total. The topological polar surface area (TPSA) is 63.2 Å². The highest BCUT2D eigenvalue weighted by molar-refractivity contribution is 5.62. The monoisotopic (exact) mass is 271 g/mol. The number of hydrogen-bond acceptors (Lipinski definition) is 6. The second kappa shape index (κ2) is 5.73. The number of rotatable bonds is 4. The van der Waals surface area contributed by atoms with Gasteiger partial charge in [0.1, 0.15) is 5.75 Å². The van der Waals surface area contributed by atoms with Crippen molar-refractivity contribution in [2.45, 2.75) is 12.8 Å². The van der Waals surface area contributed by atoms with E-state index in [2.05, 4.69) is 25.4 Å². The largest absolute Gasteiger partial charge is 0.495 e. The maximum Gasteiger partial charge on any atom is 0.249 e. The molecule has 20 heavy (non-hydrogen) atoms. The maximum atomic E-state index is 5.30. The summed E-state index contributed by atoms with van der Waals surface area (Å²) in [6, 6.07) is 7.66. The number of nitrogens with zero attached hydrogens (tertiary/aromatic N) is 4. The zero-order chi connectivity index (χ0) is 13.8. The third kappa shape index (κ3) is 2.64. The fraction of sp³-hybridized carbons (Fsp3) is 0.357. The molecule has 1 saturated heterocycles. The maximum absolute atomic E-state index is 5.30. The summed E-state index contributed by atoms with van der Waals surface area (Å²) in [6.07, 6.45) is 4.12. The van der Waals surface area contributed by atoms with Crippen molar-refractivity contribution in [2.75, 3.05) is 30.4 Å². The van der Waals surface area contributed by atoms with Crippen molar-refractivity contribution in [1.82, 2.24) is 15.2 Å². The summed E-state index contributed by atoms with van der Waals surface area (Å²) < 4.78 is 5.30. The Morgan fingerprint density at radius 3 is 2.80 bits per heavy atom. The van der Waals surface area contributed by atoms with E-state index < -0.39 is 0 Å². The highest BCUT2D eigenvalue weighted by Gasteiger charge is 2.15. The molecule has 0 aliphatic carbocycles. The Morgan fingerprint density at radius 2 is 2.00 bits per heavy atom. The lowest BCUT2D eigenvalue weighted by Gasteiger charge is -2.16. The van der Waals surface area contributed by atoms with Crippen molar-refractivity contribution in [3.63, 3.8) is 0 Å². The van der Waals surface area contributed by atoms with Crippen molar-refractivity contribution < 1.29 is 4.74 Å². The first-order valence-electron chi connectivity index (χ1n) is 6.71. The van der Waals surface area contributed by atoms with Crippen LogP contribution in [0, 0.1) is 0 Å². The van der Waals surface area contributed by atoms with Crippen LogP contribution in [-0.4, -0.2) is 35.4 Å². The molecule has 0 spiro atoms. The second-order valence-electron chi connectivity index (χ2n) is 4.66. The van der Waals surface area contributed by atoms with Crippen LogP contribution in [-0.2, 0) is 0 Å². The van der Waals surface area contributed by atoms with Gasteiger partial charge >= 0.3 is 0 Å². The van der Waals surface area contributed by atoms with Crippen LogP contribution < -0.4 is 15.0 Å². The SMILES string of the molecule is COc1ccccc1Nc1nncc(N2CCCC2)n1. The third-order valence-electron chi connectivity index (χ3n) is 3.33. The van der Waals surface area contributed by atoms with Crippen molar-refractivity contribution in [2.24, 2.45) is 0 Å². The van der Waals surface area contributed by atoms with Crippen LogP contribution in [0.1, 0.15) is 12.8 Å². The molecular weight excluding hydrogens is 254 g/mol. The van der Waals surface area contributed by atoms with Gasteiger partial charge in [-0.05, 0) is 25.0 Å². The second-order valence-corrected chi connectivity index (χ2v) is 4.66. The Hall–Kier alpha value is -2.37. The van der Waals surface area contributed by atoms with Gasteiger partial charge in [0.05, 0.1) is 19.0 Å². The molecule has 104 valence electrons. The van der Waals surface area contributed by atoms with Crippen molar-refractivity contribution >= 4 is 17.5 Å². The van der Waals surface area contributed by atoms with E-state index in [1.54, 1.807) is 13.3 Å². The van der Waals surface area contributed by atoms with E-state index in [0.29, 0.717) is 5.95 Å². The van der Waals surface area contributed by atoms with Gasteiger partial charge in [-0.1, -0.05) is 12.1 Å². The van der Waals surface area contributed by atoms with Gasteiger partial charge in [0.25, 0.3) is 0 Å².